The van der Waals surface area contributed by atoms with Gasteiger partial charge in [-0.3, -0.25) is 4.79 Å². The van der Waals surface area contributed by atoms with Crippen molar-refractivity contribution in [1.29, 1.82) is 0 Å². The summed E-state index contributed by atoms with van der Waals surface area (Å²) in [5.41, 5.74) is 0.910. The smallest absolute Gasteiger partial charge is 0.313 e. The first-order valence-electron chi connectivity index (χ1n) is 6.50. The highest BCUT2D eigenvalue weighted by Crippen LogP contribution is 2.32. The molecule has 3 heteroatoms. The van der Waals surface area contributed by atoms with Gasteiger partial charge in [0.1, 0.15) is 5.75 Å². The molecule has 1 aromatic rings. The van der Waals surface area contributed by atoms with E-state index in [1.54, 1.807) is 0 Å². The van der Waals surface area contributed by atoms with Crippen molar-refractivity contribution in [3.8, 4) is 5.75 Å². The summed E-state index contributed by atoms with van der Waals surface area (Å²) in [6.07, 6.45) is 0. The van der Waals surface area contributed by atoms with Crippen LogP contribution in [0.25, 0.3) is 0 Å². The van der Waals surface area contributed by atoms with E-state index in [-0.39, 0.29) is 17.8 Å². The molecule has 3 nitrogen and oxygen atoms in total. The molecule has 0 aliphatic rings. The van der Waals surface area contributed by atoms with Crippen molar-refractivity contribution in [3.05, 3.63) is 29.8 Å². The van der Waals surface area contributed by atoms with Crippen molar-refractivity contribution in [1.82, 2.24) is 0 Å². The normalized spacial score (nSPS) is 12.3. The molecule has 0 saturated heterocycles. The number of carbonyl (C=O) groups is 1. The van der Waals surface area contributed by atoms with E-state index in [0.717, 1.165) is 11.3 Å². The Bertz CT molecular complexity index is 385. The van der Waals surface area contributed by atoms with Gasteiger partial charge in [-0.15, -0.1) is 0 Å². The first-order valence-corrected chi connectivity index (χ1v) is 6.50. The van der Waals surface area contributed by atoms with Crippen LogP contribution >= 0.6 is 0 Å². The predicted octanol–water partition coefficient (Wildman–Crippen LogP) is 3.39. The maximum Gasteiger partial charge on any atom is 0.313 e. The Kier molecular flexibility index (Phi) is 5.69. The van der Waals surface area contributed by atoms with Crippen molar-refractivity contribution in [2.45, 2.75) is 33.6 Å². The van der Waals surface area contributed by atoms with Crippen LogP contribution in [0.2, 0.25) is 0 Å². The van der Waals surface area contributed by atoms with Gasteiger partial charge in [0.2, 0.25) is 0 Å². The summed E-state index contributed by atoms with van der Waals surface area (Å²) in [5.74, 6) is 0.491. The van der Waals surface area contributed by atoms with Crippen molar-refractivity contribution in [3.63, 3.8) is 0 Å². The zero-order chi connectivity index (χ0) is 13.5. The molecular formula is C15H22O3. The molecule has 0 N–H and O–H groups in total. The second kappa shape index (κ2) is 7.04. The molecule has 0 aromatic heterocycles. The van der Waals surface area contributed by atoms with Crippen molar-refractivity contribution >= 4 is 5.97 Å². The Morgan fingerprint density at radius 3 is 2.39 bits per heavy atom. The minimum Gasteiger partial charge on any atom is -0.494 e. The fourth-order valence-electron chi connectivity index (χ4n) is 2.01. The third kappa shape index (κ3) is 3.49. The minimum atomic E-state index is -0.271. The van der Waals surface area contributed by atoms with Crippen molar-refractivity contribution in [2.75, 3.05) is 13.2 Å². The van der Waals surface area contributed by atoms with Gasteiger partial charge in [-0.2, -0.15) is 0 Å². The van der Waals surface area contributed by atoms with Gasteiger partial charge in [0, 0.05) is 5.56 Å². The van der Waals surface area contributed by atoms with Gasteiger partial charge in [-0.25, -0.2) is 0 Å². The lowest BCUT2D eigenvalue weighted by Crippen LogP contribution is -2.21. The molecule has 0 radical (unpaired) electrons. The highest BCUT2D eigenvalue weighted by atomic mass is 16.5. The minimum absolute atomic E-state index is 0.172. The van der Waals surface area contributed by atoms with Crippen LogP contribution in [0.5, 0.6) is 5.75 Å². The number of rotatable bonds is 6. The molecule has 100 valence electrons. The summed E-state index contributed by atoms with van der Waals surface area (Å²) in [4.78, 5) is 12.1. The Hall–Kier alpha value is -1.51. The number of esters is 1. The fraction of sp³-hybridized carbons (Fsp3) is 0.533. The maximum absolute atomic E-state index is 12.1. The standard InChI is InChI=1S/C15H22O3/c1-5-17-13-10-8-7-9-12(13)14(11(3)4)15(16)18-6-2/h7-11,14H,5-6H2,1-4H3. The second-order valence-electron chi connectivity index (χ2n) is 4.44. The lowest BCUT2D eigenvalue weighted by molar-refractivity contribution is -0.146. The number of ether oxygens (including phenoxy) is 2. The lowest BCUT2D eigenvalue weighted by atomic mass is 9.88. The van der Waals surface area contributed by atoms with Gasteiger partial charge < -0.3 is 9.47 Å². The third-order valence-corrected chi connectivity index (χ3v) is 2.76. The van der Waals surface area contributed by atoms with Gasteiger partial charge in [-0.05, 0) is 25.8 Å². The van der Waals surface area contributed by atoms with E-state index in [1.165, 1.54) is 0 Å². The molecule has 1 unspecified atom stereocenters. The second-order valence-corrected chi connectivity index (χ2v) is 4.44. The fourth-order valence-corrected chi connectivity index (χ4v) is 2.01. The van der Waals surface area contributed by atoms with Crippen LogP contribution < -0.4 is 4.74 Å². The molecule has 0 amide bonds. The average Bonchev–Trinajstić information content (AvgIpc) is 2.32. The van der Waals surface area contributed by atoms with E-state index in [2.05, 4.69) is 0 Å². The Morgan fingerprint density at radius 2 is 1.83 bits per heavy atom. The summed E-state index contributed by atoms with van der Waals surface area (Å²) >= 11 is 0. The largest absolute Gasteiger partial charge is 0.494 e. The van der Waals surface area contributed by atoms with Crippen molar-refractivity contribution < 1.29 is 14.3 Å². The SMILES string of the molecule is CCOC(=O)C(c1ccccc1OCC)C(C)C. The van der Waals surface area contributed by atoms with Gasteiger partial charge in [0.05, 0.1) is 19.1 Å². The van der Waals surface area contributed by atoms with Gasteiger partial charge in [0.15, 0.2) is 0 Å². The summed E-state index contributed by atoms with van der Waals surface area (Å²) in [6.45, 7) is 8.79. The van der Waals surface area contributed by atoms with Gasteiger partial charge >= 0.3 is 5.97 Å². The molecule has 18 heavy (non-hydrogen) atoms. The quantitative estimate of drug-likeness (QED) is 0.726. The van der Waals surface area contributed by atoms with E-state index in [1.807, 2.05) is 52.0 Å². The molecule has 1 rings (SSSR count). The highest BCUT2D eigenvalue weighted by molar-refractivity contribution is 5.79. The van der Waals surface area contributed by atoms with E-state index < -0.39 is 0 Å². The first-order chi connectivity index (χ1) is 8.61. The van der Waals surface area contributed by atoms with Crippen LogP contribution in [0.3, 0.4) is 0 Å². The van der Waals surface area contributed by atoms with Crippen LogP contribution in [0.15, 0.2) is 24.3 Å². The van der Waals surface area contributed by atoms with Crippen LogP contribution in [-0.4, -0.2) is 19.2 Å². The molecule has 0 spiro atoms. The zero-order valence-corrected chi connectivity index (χ0v) is 11.6. The topological polar surface area (TPSA) is 35.5 Å². The Morgan fingerprint density at radius 1 is 1.17 bits per heavy atom. The number of hydrogen-bond acceptors (Lipinski definition) is 3. The number of benzene rings is 1. The molecule has 0 aliphatic carbocycles. The molecule has 0 saturated carbocycles. The van der Waals surface area contributed by atoms with Crippen LogP contribution in [0.1, 0.15) is 39.2 Å². The lowest BCUT2D eigenvalue weighted by Gasteiger charge is -2.22. The van der Waals surface area contributed by atoms with Crippen LogP contribution in [0.4, 0.5) is 0 Å². The van der Waals surface area contributed by atoms with E-state index in [9.17, 15) is 4.79 Å². The molecule has 0 bridgehead atoms. The average molecular weight is 250 g/mol. The van der Waals surface area contributed by atoms with Crippen molar-refractivity contribution in [2.24, 2.45) is 5.92 Å². The van der Waals surface area contributed by atoms with Crippen LogP contribution in [0, 0.1) is 5.92 Å². The van der Waals surface area contributed by atoms with E-state index >= 15 is 0 Å². The first kappa shape index (κ1) is 14.6. The molecule has 0 aliphatic heterocycles. The number of para-hydroxylation sites is 1. The molecule has 0 fully saturated rings. The van der Waals surface area contributed by atoms with Crippen LogP contribution in [-0.2, 0) is 9.53 Å². The van der Waals surface area contributed by atoms with E-state index in [4.69, 9.17) is 9.47 Å². The zero-order valence-electron chi connectivity index (χ0n) is 11.6. The Labute approximate surface area is 109 Å². The predicted molar refractivity (Wildman–Crippen MR) is 71.8 cm³/mol. The Balaban J connectivity index is 3.09. The monoisotopic (exact) mass is 250 g/mol. The third-order valence-electron chi connectivity index (χ3n) is 2.76. The summed E-state index contributed by atoms with van der Waals surface area (Å²) < 4.78 is 10.7. The van der Waals surface area contributed by atoms with Gasteiger partial charge in [0.25, 0.3) is 0 Å². The number of carbonyl (C=O) groups excluding carboxylic acids is 1. The van der Waals surface area contributed by atoms with Gasteiger partial charge in [-0.1, -0.05) is 32.0 Å². The summed E-state index contributed by atoms with van der Waals surface area (Å²) in [5, 5.41) is 0. The molecule has 0 heterocycles. The molecular weight excluding hydrogens is 228 g/mol. The molecule has 1 aromatic carbocycles. The maximum atomic E-state index is 12.1. The highest BCUT2D eigenvalue weighted by Gasteiger charge is 2.28. The van der Waals surface area contributed by atoms with E-state index in [0.29, 0.717) is 13.2 Å². The summed E-state index contributed by atoms with van der Waals surface area (Å²) in [6, 6.07) is 7.67. The molecule has 1 atom stereocenters. The summed E-state index contributed by atoms with van der Waals surface area (Å²) in [7, 11) is 0. The number of hydrogen-bond donors (Lipinski definition) is 0.